The van der Waals surface area contributed by atoms with Gasteiger partial charge in [0.2, 0.25) is 10.0 Å². The highest BCUT2D eigenvalue weighted by Gasteiger charge is 2.41. The minimum atomic E-state index is -3.15. The fourth-order valence-electron chi connectivity index (χ4n) is 4.70. The van der Waals surface area contributed by atoms with Crippen molar-refractivity contribution in [2.24, 2.45) is 0 Å². The zero-order chi connectivity index (χ0) is 20.7. The third-order valence-corrected chi connectivity index (χ3v) is 7.55. The van der Waals surface area contributed by atoms with E-state index in [1.807, 2.05) is 24.3 Å². The molecule has 3 aromatic rings. The Bertz CT molecular complexity index is 1100. The number of rotatable bonds is 6. The Morgan fingerprint density at radius 2 is 1.90 bits per heavy atom. The molecule has 2 aliphatic rings. The van der Waals surface area contributed by atoms with Crippen LogP contribution in [0.4, 0.5) is 0 Å². The highest BCUT2D eigenvalue weighted by atomic mass is 32.2. The summed E-state index contributed by atoms with van der Waals surface area (Å²) in [5, 5.41) is 0.593. The molecule has 3 atom stereocenters. The van der Waals surface area contributed by atoms with E-state index in [4.69, 9.17) is 4.74 Å². The van der Waals surface area contributed by atoms with Crippen LogP contribution in [0.3, 0.4) is 0 Å². The van der Waals surface area contributed by atoms with Crippen molar-refractivity contribution in [3.05, 3.63) is 48.2 Å². The Balaban J connectivity index is 1.22. The van der Waals surface area contributed by atoms with Crippen LogP contribution in [0.2, 0.25) is 0 Å². The van der Waals surface area contributed by atoms with Gasteiger partial charge >= 0.3 is 0 Å². The molecule has 0 spiro atoms. The summed E-state index contributed by atoms with van der Waals surface area (Å²) in [6, 6.07) is 13.0. The van der Waals surface area contributed by atoms with E-state index in [1.54, 1.807) is 6.20 Å². The lowest BCUT2D eigenvalue weighted by Crippen LogP contribution is -2.49. The van der Waals surface area contributed by atoms with E-state index < -0.39 is 10.0 Å². The smallest absolute Gasteiger partial charge is 0.281 e. The van der Waals surface area contributed by atoms with Gasteiger partial charge in [-0.15, -0.1) is 0 Å². The Labute approximate surface area is 180 Å². The molecule has 0 amide bonds. The number of ether oxygens (including phenoxy) is 1. The maximum absolute atomic E-state index is 11.6. The van der Waals surface area contributed by atoms with E-state index in [0.29, 0.717) is 22.9 Å². The van der Waals surface area contributed by atoms with Crippen molar-refractivity contribution in [3.63, 3.8) is 0 Å². The summed E-state index contributed by atoms with van der Waals surface area (Å²) in [6.45, 7) is 0.881. The zero-order valence-corrected chi connectivity index (χ0v) is 18.3. The van der Waals surface area contributed by atoms with Crippen LogP contribution in [0.15, 0.2) is 42.6 Å². The number of hydrogen-bond acceptors (Lipinski definition) is 7. The molecule has 5 rings (SSSR count). The molecular formula is C21H24N4O3S2. The van der Waals surface area contributed by atoms with Crippen molar-refractivity contribution in [2.75, 3.05) is 6.26 Å². The predicted octanol–water partition coefficient (Wildman–Crippen LogP) is 3.53. The van der Waals surface area contributed by atoms with Crippen LogP contribution in [-0.2, 0) is 16.6 Å². The van der Waals surface area contributed by atoms with Gasteiger partial charge in [0.1, 0.15) is 5.75 Å². The number of nitrogens with one attached hydrogen (secondary N) is 1. The number of fused-ring (bicyclic) bond motifs is 3. The van der Waals surface area contributed by atoms with Crippen molar-refractivity contribution in [1.29, 1.82) is 0 Å². The second kappa shape index (κ2) is 7.88. The van der Waals surface area contributed by atoms with Gasteiger partial charge in [-0.25, -0.2) is 18.1 Å². The second-order valence-electron chi connectivity index (χ2n) is 8.17. The van der Waals surface area contributed by atoms with Crippen molar-refractivity contribution in [3.8, 4) is 10.9 Å². The minimum absolute atomic E-state index is 0.0628. The molecule has 1 unspecified atom stereocenters. The Morgan fingerprint density at radius 1 is 1.17 bits per heavy atom. The lowest BCUT2D eigenvalue weighted by Gasteiger charge is -2.39. The molecular weight excluding hydrogens is 420 g/mol. The average molecular weight is 445 g/mol. The number of sulfonamides is 1. The van der Waals surface area contributed by atoms with Crippen LogP contribution in [0, 0.1) is 0 Å². The fraction of sp³-hybridized carbons (Fsp3) is 0.429. The van der Waals surface area contributed by atoms with Gasteiger partial charge in [-0.1, -0.05) is 23.5 Å². The summed E-state index contributed by atoms with van der Waals surface area (Å²) in [7, 11) is -3.15. The highest BCUT2D eigenvalue weighted by molar-refractivity contribution is 7.88. The molecule has 2 fully saturated rings. The first-order valence-corrected chi connectivity index (χ1v) is 12.9. The first-order chi connectivity index (χ1) is 14.4. The van der Waals surface area contributed by atoms with Gasteiger partial charge in [0, 0.05) is 30.9 Å². The number of hydrogen-bond donors (Lipinski definition) is 1. The molecule has 1 aromatic carbocycles. The number of pyridine rings is 1. The summed E-state index contributed by atoms with van der Waals surface area (Å²) in [6.07, 6.45) is 7.02. The average Bonchev–Trinajstić information content (AvgIpc) is 3.19. The molecule has 4 heterocycles. The van der Waals surface area contributed by atoms with E-state index in [-0.39, 0.29) is 6.04 Å². The van der Waals surface area contributed by atoms with Crippen LogP contribution in [-0.4, -0.2) is 47.7 Å². The number of aromatic nitrogens is 2. The van der Waals surface area contributed by atoms with Crippen LogP contribution in [0.25, 0.3) is 10.3 Å². The van der Waals surface area contributed by atoms with Crippen molar-refractivity contribution in [2.45, 2.75) is 50.4 Å². The summed E-state index contributed by atoms with van der Waals surface area (Å²) in [4.78, 5) is 11.2. The molecule has 2 aromatic heterocycles. The van der Waals surface area contributed by atoms with Gasteiger partial charge in [-0.3, -0.25) is 4.90 Å². The van der Waals surface area contributed by atoms with E-state index in [0.717, 1.165) is 42.7 Å². The molecule has 9 heteroatoms. The quantitative estimate of drug-likeness (QED) is 0.626. The summed E-state index contributed by atoms with van der Waals surface area (Å²) < 4.78 is 32.9. The molecule has 7 nitrogen and oxygen atoms in total. The van der Waals surface area contributed by atoms with Gasteiger partial charge in [0.05, 0.1) is 11.0 Å². The van der Waals surface area contributed by atoms with Gasteiger partial charge in [0.15, 0.2) is 5.65 Å². The second-order valence-corrected chi connectivity index (χ2v) is 10.9. The molecule has 1 N–H and O–H groups in total. The molecule has 2 bridgehead atoms. The fourth-order valence-corrected chi connectivity index (χ4v) is 6.29. The molecule has 2 aliphatic heterocycles. The summed E-state index contributed by atoms with van der Waals surface area (Å²) in [5.74, 6) is 0.761. The first-order valence-electron chi connectivity index (χ1n) is 10.1. The Morgan fingerprint density at radius 3 is 2.57 bits per heavy atom. The van der Waals surface area contributed by atoms with Gasteiger partial charge in [-0.2, -0.15) is 4.98 Å². The predicted molar refractivity (Wildman–Crippen MR) is 117 cm³/mol. The molecule has 2 saturated heterocycles. The largest absolute Gasteiger partial charge is 0.431 e. The SMILES string of the molecule is CS(=O)(=O)NC1C[C@H]2CC[C@@H](C1)N2Cc1ccc(Oc2nc3ncccc3s2)cc1. The van der Waals surface area contributed by atoms with Gasteiger partial charge in [-0.05, 0) is 55.5 Å². The number of thiazole rings is 1. The van der Waals surface area contributed by atoms with Crippen LogP contribution >= 0.6 is 11.3 Å². The van der Waals surface area contributed by atoms with Crippen LogP contribution in [0.5, 0.6) is 10.9 Å². The summed E-state index contributed by atoms with van der Waals surface area (Å²) >= 11 is 1.48. The normalized spacial score (nSPS) is 24.4. The minimum Gasteiger partial charge on any atom is -0.431 e. The third-order valence-electron chi connectivity index (χ3n) is 5.90. The number of benzene rings is 1. The third kappa shape index (κ3) is 4.34. The number of piperidine rings is 1. The summed E-state index contributed by atoms with van der Waals surface area (Å²) in [5.41, 5.74) is 1.94. The molecule has 0 radical (unpaired) electrons. The Kier molecular flexibility index (Phi) is 5.22. The van der Waals surface area contributed by atoms with Crippen molar-refractivity contribution >= 4 is 31.7 Å². The molecule has 0 aliphatic carbocycles. The molecule has 158 valence electrons. The van der Waals surface area contributed by atoms with E-state index >= 15 is 0 Å². The number of nitrogens with zero attached hydrogens (tertiary/aromatic N) is 3. The topological polar surface area (TPSA) is 84.4 Å². The first kappa shape index (κ1) is 19.9. The molecule has 0 saturated carbocycles. The lowest BCUT2D eigenvalue weighted by atomic mass is 9.97. The van der Waals surface area contributed by atoms with Crippen molar-refractivity contribution in [1.82, 2.24) is 19.6 Å². The Hall–Kier alpha value is -2.07. The maximum Gasteiger partial charge on any atom is 0.281 e. The zero-order valence-electron chi connectivity index (χ0n) is 16.7. The van der Waals surface area contributed by atoms with Crippen molar-refractivity contribution < 1.29 is 13.2 Å². The van der Waals surface area contributed by atoms with Crippen LogP contribution in [0.1, 0.15) is 31.2 Å². The standard InChI is InChI=1S/C21H24N4O3S2/c1-30(26,27)24-15-11-16-6-7-17(12-15)25(16)13-14-4-8-18(9-5-14)28-21-23-20-19(29-21)3-2-10-22-20/h2-5,8-10,15-17,24H,6-7,11-13H2,1H3/t15?,16-,17+. The van der Waals surface area contributed by atoms with Gasteiger partial charge < -0.3 is 4.74 Å². The maximum atomic E-state index is 11.6. The monoisotopic (exact) mass is 444 g/mol. The van der Waals surface area contributed by atoms with E-state index in [2.05, 4.69) is 31.7 Å². The molecule has 30 heavy (non-hydrogen) atoms. The van der Waals surface area contributed by atoms with Gasteiger partial charge in [0.25, 0.3) is 5.19 Å². The highest BCUT2D eigenvalue weighted by Crippen LogP contribution is 2.37. The van der Waals surface area contributed by atoms with E-state index in [9.17, 15) is 8.42 Å². The van der Waals surface area contributed by atoms with E-state index in [1.165, 1.54) is 23.2 Å². The lowest BCUT2D eigenvalue weighted by molar-refractivity contribution is 0.116. The van der Waals surface area contributed by atoms with Crippen LogP contribution < -0.4 is 9.46 Å².